The molecule has 1 atom stereocenters. The third-order valence-electron chi connectivity index (χ3n) is 5.97. The molecular formula is C25H20N4O5. The first-order chi connectivity index (χ1) is 16.4. The number of pyridine rings is 1. The number of imide groups is 1. The van der Waals surface area contributed by atoms with Gasteiger partial charge in [-0.15, -0.1) is 0 Å². The summed E-state index contributed by atoms with van der Waals surface area (Å²) in [7, 11) is 1.52. The van der Waals surface area contributed by atoms with Crippen LogP contribution in [0.3, 0.4) is 0 Å². The predicted molar refractivity (Wildman–Crippen MR) is 122 cm³/mol. The van der Waals surface area contributed by atoms with Crippen LogP contribution >= 0.6 is 0 Å². The number of ether oxygens (including phenoxy) is 1. The number of nitrogens with one attached hydrogen (secondary N) is 2. The van der Waals surface area contributed by atoms with Gasteiger partial charge in [-0.2, -0.15) is 0 Å². The molecule has 2 aromatic carbocycles. The molecule has 9 heteroatoms. The Labute approximate surface area is 194 Å². The number of urea groups is 1. The zero-order chi connectivity index (χ0) is 23.9. The number of amides is 4. The Kier molecular flexibility index (Phi) is 5.15. The Bertz CT molecular complexity index is 1420. The summed E-state index contributed by atoms with van der Waals surface area (Å²) in [6, 6.07) is 11.7. The summed E-state index contributed by atoms with van der Waals surface area (Å²) in [5, 5.41) is 15.2. The molecule has 0 unspecified atom stereocenters. The fourth-order valence-electron chi connectivity index (χ4n) is 4.21. The van der Waals surface area contributed by atoms with Crippen molar-refractivity contribution in [2.24, 2.45) is 0 Å². The van der Waals surface area contributed by atoms with Gasteiger partial charge in [-0.05, 0) is 35.4 Å². The summed E-state index contributed by atoms with van der Waals surface area (Å²) in [6.07, 6.45) is 1.56. The smallest absolute Gasteiger partial charge is 0.323 e. The lowest BCUT2D eigenvalue weighted by atomic mass is 9.99. The lowest BCUT2D eigenvalue weighted by Gasteiger charge is -2.26. The molecule has 2 aliphatic heterocycles. The average Bonchev–Trinajstić information content (AvgIpc) is 3.31. The van der Waals surface area contributed by atoms with Crippen LogP contribution in [0.15, 0.2) is 48.7 Å². The molecule has 0 spiro atoms. The van der Waals surface area contributed by atoms with Crippen LogP contribution in [0.25, 0.3) is 10.9 Å². The highest BCUT2D eigenvalue weighted by Gasteiger charge is 2.48. The Balaban J connectivity index is 1.49. The number of methoxy groups -OCH3 is 1. The molecule has 2 aliphatic rings. The van der Waals surface area contributed by atoms with Crippen LogP contribution in [0, 0.1) is 11.8 Å². The maximum atomic E-state index is 13.0. The van der Waals surface area contributed by atoms with E-state index in [2.05, 4.69) is 27.5 Å². The molecule has 5 rings (SSSR count). The maximum absolute atomic E-state index is 13.0. The van der Waals surface area contributed by atoms with Crippen LogP contribution in [0.1, 0.15) is 27.0 Å². The average molecular weight is 456 g/mol. The molecule has 3 heterocycles. The van der Waals surface area contributed by atoms with E-state index < -0.39 is 17.5 Å². The first kappa shape index (κ1) is 21.4. The number of aliphatic hydroxyl groups is 1. The van der Waals surface area contributed by atoms with E-state index in [-0.39, 0.29) is 25.6 Å². The molecule has 3 N–H and O–H groups in total. The van der Waals surface area contributed by atoms with E-state index >= 15 is 0 Å². The molecule has 0 aliphatic carbocycles. The Hall–Kier alpha value is -4.42. The SMILES string of the molecule is COc1ccc2c(c1)C(=O)N(C[C@@]1(C#Cc3cnc4cccc(CO)c4c3)NC(=O)NC1=O)C2. The van der Waals surface area contributed by atoms with Gasteiger partial charge < -0.3 is 20.1 Å². The van der Waals surface area contributed by atoms with Crippen molar-refractivity contribution in [3.05, 3.63) is 70.9 Å². The fraction of sp³-hybridized carbons (Fsp3) is 0.200. The van der Waals surface area contributed by atoms with E-state index in [0.717, 1.165) is 10.9 Å². The number of hydrogen-bond acceptors (Lipinski definition) is 6. The van der Waals surface area contributed by atoms with Gasteiger partial charge in [0.25, 0.3) is 11.8 Å². The van der Waals surface area contributed by atoms with Gasteiger partial charge >= 0.3 is 6.03 Å². The van der Waals surface area contributed by atoms with Gasteiger partial charge in [0.05, 0.1) is 25.8 Å². The molecule has 3 aromatic rings. The normalized spacial score (nSPS) is 18.9. The number of carbonyl (C=O) groups excluding carboxylic acids is 3. The van der Waals surface area contributed by atoms with E-state index in [1.165, 1.54) is 12.0 Å². The monoisotopic (exact) mass is 456 g/mol. The largest absolute Gasteiger partial charge is 0.497 e. The second-order valence-electron chi connectivity index (χ2n) is 8.11. The molecular weight excluding hydrogens is 436 g/mol. The van der Waals surface area contributed by atoms with Crippen molar-refractivity contribution in [2.45, 2.75) is 18.7 Å². The summed E-state index contributed by atoms with van der Waals surface area (Å²) in [4.78, 5) is 43.7. The van der Waals surface area contributed by atoms with Crippen molar-refractivity contribution in [1.29, 1.82) is 0 Å². The molecule has 34 heavy (non-hydrogen) atoms. The molecule has 0 saturated carbocycles. The molecule has 1 fully saturated rings. The Morgan fingerprint density at radius 3 is 2.79 bits per heavy atom. The van der Waals surface area contributed by atoms with Gasteiger partial charge in [0.1, 0.15) is 5.75 Å². The highest BCUT2D eigenvalue weighted by molar-refractivity contribution is 6.10. The van der Waals surface area contributed by atoms with Crippen molar-refractivity contribution in [2.75, 3.05) is 13.7 Å². The summed E-state index contributed by atoms with van der Waals surface area (Å²) in [5.74, 6) is 5.45. The number of aliphatic hydroxyl groups excluding tert-OH is 1. The number of hydrogen-bond donors (Lipinski definition) is 3. The van der Waals surface area contributed by atoms with E-state index in [9.17, 15) is 19.5 Å². The van der Waals surface area contributed by atoms with Gasteiger partial charge in [0.2, 0.25) is 5.54 Å². The molecule has 1 saturated heterocycles. The quantitative estimate of drug-likeness (QED) is 0.402. The first-order valence-corrected chi connectivity index (χ1v) is 10.5. The summed E-state index contributed by atoms with van der Waals surface area (Å²) in [6.45, 7) is -0.000841. The minimum absolute atomic E-state index is 0.129. The van der Waals surface area contributed by atoms with E-state index in [1.54, 1.807) is 42.6 Å². The van der Waals surface area contributed by atoms with Crippen LogP contribution in [0.5, 0.6) is 5.75 Å². The van der Waals surface area contributed by atoms with E-state index in [0.29, 0.717) is 28.0 Å². The molecule has 0 bridgehead atoms. The Morgan fingerprint density at radius 1 is 1.21 bits per heavy atom. The van der Waals surface area contributed by atoms with Crippen LogP contribution in [-0.2, 0) is 17.9 Å². The predicted octanol–water partition coefficient (Wildman–Crippen LogP) is 1.32. The number of aromatic nitrogens is 1. The topological polar surface area (TPSA) is 121 Å². The highest BCUT2D eigenvalue weighted by Crippen LogP contribution is 2.28. The number of benzene rings is 2. The van der Waals surface area contributed by atoms with Crippen LogP contribution in [0.2, 0.25) is 0 Å². The standard InChI is InChI=1S/C25H20N4O5/c1-34-18-6-5-16-12-29(22(31)20(16)10-18)14-25(23(32)27-24(33)28-25)8-7-15-9-19-17(13-30)3-2-4-21(19)26-11-15/h2-6,9-11,30H,12-14H2,1H3,(H2,27,28,32,33)/t25-/m1/s1. The van der Waals surface area contributed by atoms with Gasteiger partial charge in [-0.25, -0.2) is 4.79 Å². The lowest BCUT2D eigenvalue weighted by Crippen LogP contribution is -2.54. The van der Waals surface area contributed by atoms with E-state index in [1.807, 2.05) is 6.07 Å². The second-order valence-corrected chi connectivity index (χ2v) is 8.11. The van der Waals surface area contributed by atoms with Crippen molar-refractivity contribution in [1.82, 2.24) is 20.5 Å². The third-order valence-corrected chi connectivity index (χ3v) is 5.97. The summed E-state index contributed by atoms with van der Waals surface area (Å²) >= 11 is 0. The maximum Gasteiger partial charge on any atom is 0.323 e. The van der Waals surface area contributed by atoms with Gasteiger partial charge in [0, 0.05) is 29.3 Å². The van der Waals surface area contributed by atoms with Gasteiger partial charge in [-0.1, -0.05) is 30.0 Å². The van der Waals surface area contributed by atoms with Crippen molar-refractivity contribution < 1.29 is 24.2 Å². The van der Waals surface area contributed by atoms with Crippen LogP contribution in [0.4, 0.5) is 4.79 Å². The number of rotatable bonds is 4. The summed E-state index contributed by atoms with van der Waals surface area (Å²) < 4.78 is 5.21. The fourth-order valence-corrected chi connectivity index (χ4v) is 4.21. The number of fused-ring (bicyclic) bond motifs is 2. The minimum Gasteiger partial charge on any atom is -0.497 e. The lowest BCUT2D eigenvalue weighted by molar-refractivity contribution is -0.122. The van der Waals surface area contributed by atoms with Gasteiger partial charge in [0.15, 0.2) is 0 Å². The number of carbonyl (C=O) groups is 3. The Morgan fingerprint density at radius 2 is 2.06 bits per heavy atom. The van der Waals surface area contributed by atoms with Crippen molar-refractivity contribution in [3.8, 4) is 17.6 Å². The highest BCUT2D eigenvalue weighted by atomic mass is 16.5. The third kappa shape index (κ3) is 3.60. The van der Waals surface area contributed by atoms with Crippen LogP contribution in [-0.4, -0.2) is 52.0 Å². The van der Waals surface area contributed by atoms with Crippen molar-refractivity contribution >= 4 is 28.7 Å². The second kappa shape index (κ2) is 8.17. The molecule has 0 radical (unpaired) electrons. The van der Waals surface area contributed by atoms with E-state index in [4.69, 9.17) is 4.74 Å². The summed E-state index contributed by atoms with van der Waals surface area (Å²) in [5.41, 5.74) is 1.57. The van der Waals surface area contributed by atoms with Gasteiger partial charge in [-0.3, -0.25) is 19.9 Å². The first-order valence-electron chi connectivity index (χ1n) is 10.5. The minimum atomic E-state index is -1.62. The van der Waals surface area contributed by atoms with Crippen molar-refractivity contribution in [3.63, 3.8) is 0 Å². The molecule has 1 aromatic heterocycles. The van der Waals surface area contributed by atoms with Crippen LogP contribution < -0.4 is 15.4 Å². The zero-order valence-electron chi connectivity index (χ0n) is 18.2. The molecule has 170 valence electrons. The zero-order valence-corrected chi connectivity index (χ0v) is 18.2. The molecule has 4 amide bonds. The number of nitrogens with zero attached hydrogens (tertiary/aromatic N) is 2. The molecule has 9 nitrogen and oxygen atoms in total.